The molecule has 1 aliphatic carbocycles. The lowest BCUT2D eigenvalue weighted by Crippen LogP contribution is -2.48. The second-order valence-corrected chi connectivity index (χ2v) is 12.1. The number of amides is 1. The van der Waals surface area contributed by atoms with Gasteiger partial charge in [0.1, 0.15) is 17.4 Å². The van der Waals surface area contributed by atoms with Gasteiger partial charge in [0.15, 0.2) is 9.84 Å². The summed E-state index contributed by atoms with van der Waals surface area (Å²) in [6.07, 6.45) is 1.26. The van der Waals surface area contributed by atoms with Crippen LogP contribution in [0.2, 0.25) is 5.02 Å². The largest absolute Gasteiger partial charge is 0.343 e. The summed E-state index contributed by atoms with van der Waals surface area (Å²) in [6, 6.07) is 19.4. The Morgan fingerprint density at radius 2 is 1.89 bits per heavy atom. The van der Waals surface area contributed by atoms with E-state index in [1.807, 2.05) is 48.2 Å². The van der Waals surface area contributed by atoms with Crippen molar-refractivity contribution in [3.8, 4) is 6.07 Å². The molecule has 8 nitrogen and oxygen atoms in total. The van der Waals surface area contributed by atoms with Crippen molar-refractivity contribution >= 4 is 33.2 Å². The number of anilines is 1. The Hall–Kier alpha value is -3.35. The van der Waals surface area contributed by atoms with E-state index in [1.54, 1.807) is 22.9 Å². The molecule has 5 rings (SSSR count). The Morgan fingerprint density at radius 3 is 2.56 bits per heavy atom. The molecule has 1 aromatic heterocycles. The summed E-state index contributed by atoms with van der Waals surface area (Å²) < 4.78 is 29.0. The first-order chi connectivity index (χ1) is 17.2. The molecule has 0 spiro atoms. The number of hydrogen-bond donors (Lipinski definition) is 1. The van der Waals surface area contributed by atoms with Crippen molar-refractivity contribution in [2.24, 2.45) is 0 Å². The Balaban J connectivity index is 1.51. The SMILES string of the molecule is Cc1cc(N2C[C@H](S(=O)(=O)c3ccccc3Cl)C[C@H]2C(=O)NC2(C#N)CC2)n(Cc2ccccc2)n1. The van der Waals surface area contributed by atoms with Crippen LogP contribution in [-0.2, 0) is 21.2 Å². The quantitative estimate of drug-likeness (QED) is 0.508. The maximum absolute atomic E-state index is 13.6. The number of halogens is 1. The van der Waals surface area contributed by atoms with Gasteiger partial charge < -0.3 is 10.2 Å². The molecule has 1 aliphatic heterocycles. The van der Waals surface area contributed by atoms with E-state index in [0.717, 1.165) is 11.3 Å². The fraction of sp³-hybridized carbons (Fsp3) is 0.346. The average Bonchev–Trinajstić information content (AvgIpc) is 3.31. The predicted octanol–water partition coefficient (Wildman–Crippen LogP) is 3.49. The van der Waals surface area contributed by atoms with Crippen molar-refractivity contribution < 1.29 is 13.2 Å². The van der Waals surface area contributed by atoms with E-state index >= 15 is 0 Å². The van der Waals surface area contributed by atoms with Crippen molar-refractivity contribution in [1.82, 2.24) is 15.1 Å². The second-order valence-electron chi connectivity index (χ2n) is 9.47. The van der Waals surface area contributed by atoms with Gasteiger partial charge in [-0.1, -0.05) is 54.1 Å². The van der Waals surface area contributed by atoms with Crippen molar-refractivity contribution in [3.05, 3.63) is 76.9 Å². The van der Waals surface area contributed by atoms with Gasteiger partial charge in [0.2, 0.25) is 5.91 Å². The lowest BCUT2D eigenvalue weighted by molar-refractivity contribution is -0.122. The predicted molar refractivity (Wildman–Crippen MR) is 136 cm³/mol. The smallest absolute Gasteiger partial charge is 0.244 e. The van der Waals surface area contributed by atoms with Crippen molar-refractivity contribution in [2.45, 2.75) is 54.5 Å². The number of carbonyl (C=O) groups is 1. The highest BCUT2D eigenvalue weighted by molar-refractivity contribution is 7.92. The summed E-state index contributed by atoms with van der Waals surface area (Å²) in [5.74, 6) is 0.311. The summed E-state index contributed by atoms with van der Waals surface area (Å²) in [4.78, 5) is 15.3. The summed E-state index contributed by atoms with van der Waals surface area (Å²) in [5, 5.41) is 16.3. The van der Waals surface area contributed by atoms with E-state index < -0.39 is 26.7 Å². The fourth-order valence-corrected chi connectivity index (χ4v) is 6.94. The van der Waals surface area contributed by atoms with Gasteiger partial charge in [0, 0.05) is 12.6 Å². The van der Waals surface area contributed by atoms with Crippen LogP contribution in [0.4, 0.5) is 5.82 Å². The lowest BCUT2D eigenvalue weighted by atomic mass is 10.1. The first-order valence-corrected chi connectivity index (χ1v) is 13.7. The van der Waals surface area contributed by atoms with Crippen LogP contribution < -0.4 is 10.2 Å². The zero-order valence-corrected chi connectivity index (χ0v) is 21.3. The zero-order chi connectivity index (χ0) is 25.5. The molecule has 1 amide bonds. The molecule has 0 bridgehead atoms. The minimum absolute atomic E-state index is 0.0577. The first kappa shape index (κ1) is 24.3. The minimum Gasteiger partial charge on any atom is -0.343 e. The van der Waals surface area contributed by atoms with Crippen LogP contribution in [-0.4, -0.2) is 47.5 Å². The number of nitrogens with zero attached hydrogens (tertiary/aromatic N) is 4. The Bertz CT molecular complexity index is 1440. The molecular formula is C26H26ClN5O3S. The number of aromatic nitrogens is 2. The maximum Gasteiger partial charge on any atom is 0.244 e. The molecule has 2 fully saturated rings. The van der Waals surface area contributed by atoms with Crippen LogP contribution in [0.15, 0.2) is 65.6 Å². The third-order valence-corrected chi connectivity index (χ3v) is 9.45. The van der Waals surface area contributed by atoms with Gasteiger partial charge in [-0.25, -0.2) is 13.1 Å². The first-order valence-electron chi connectivity index (χ1n) is 11.8. The van der Waals surface area contributed by atoms with E-state index in [4.69, 9.17) is 11.6 Å². The molecule has 1 N–H and O–H groups in total. The molecular weight excluding hydrogens is 498 g/mol. The van der Waals surface area contributed by atoms with E-state index in [1.165, 1.54) is 6.07 Å². The molecule has 2 atom stereocenters. The highest BCUT2D eigenvalue weighted by Gasteiger charge is 2.50. The van der Waals surface area contributed by atoms with Gasteiger partial charge in [-0.05, 0) is 43.9 Å². The lowest BCUT2D eigenvalue weighted by Gasteiger charge is -2.27. The Labute approximate surface area is 215 Å². The molecule has 1 saturated carbocycles. The number of nitriles is 1. The van der Waals surface area contributed by atoms with Crippen LogP contribution >= 0.6 is 11.6 Å². The molecule has 2 aromatic carbocycles. The van der Waals surface area contributed by atoms with Gasteiger partial charge in [0.25, 0.3) is 0 Å². The van der Waals surface area contributed by atoms with Gasteiger partial charge in [0.05, 0.1) is 33.5 Å². The summed E-state index contributed by atoms with van der Waals surface area (Å²) in [5.41, 5.74) is 0.930. The van der Waals surface area contributed by atoms with Crippen LogP contribution in [0.1, 0.15) is 30.5 Å². The van der Waals surface area contributed by atoms with Crippen LogP contribution in [0, 0.1) is 18.3 Å². The molecule has 2 heterocycles. The molecule has 1 saturated heterocycles. The van der Waals surface area contributed by atoms with E-state index in [-0.39, 0.29) is 28.8 Å². The molecule has 186 valence electrons. The van der Waals surface area contributed by atoms with Crippen molar-refractivity contribution in [2.75, 3.05) is 11.4 Å². The molecule has 2 aliphatic rings. The van der Waals surface area contributed by atoms with Crippen LogP contribution in [0.25, 0.3) is 0 Å². The van der Waals surface area contributed by atoms with Crippen LogP contribution in [0.5, 0.6) is 0 Å². The molecule has 0 unspecified atom stereocenters. The van der Waals surface area contributed by atoms with Gasteiger partial charge in [-0.15, -0.1) is 0 Å². The number of benzene rings is 2. The molecule has 36 heavy (non-hydrogen) atoms. The van der Waals surface area contributed by atoms with E-state index in [9.17, 15) is 18.5 Å². The number of hydrogen-bond acceptors (Lipinski definition) is 6. The molecule has 3 aromatic rings. The minimum atomic E-state index is -3.82. The molecule has 0 radical (unpaired) electrons. The third-order valence-electron chi connectivity index (χ3n) is 6.82. The molecule has 10 heteroatoms. The topological polar surface area (TPSA) is 108 Å². The van der Waals surface area contributed by atoms with E-state index in [2.05, 4.69) is 16.5 Å². The van der Waals surface area contributed by atoms with Gasteiger partial charge >= 0.3 is 0 Å². The van der Waals surface area contributed by atoms with Crippen molar-refractivity contribution in [3.63, 3.8) is 0 Å². The average molecular weight is 524 g/mol. The second kappa shape index (κ2) is 9.26. The summed E-state index contributed by atoms with van der Waals surface area (Å²) in [6.45, 7) is 2.44. The third kappa shape index (κ3) is 4.59. The van der Waals surface area contributed by atoms with E-state index in [0.29, 0.717) is 25.2 Å². The van der Waals surface area contributed by atoms with Gasteiger partial charge in [-0.3, -0.25) is 4.79 Å². The number of rotatable bonds is 7. The number of carbonyl (C=O) groups excluding carboxylic acids is 1. The van der Waals surface area contributed by atoms with Crippen molar-refractivity contribution in [1.29, 1.82) is 5.26 Å². The number of nitrogens with one attached hydrogen (secondary N) is 1. The zero-order valence-electron chi connectivity index (χ0n) is 19.8. The Morgan fingerprint density at radius 1 is 1.19 bits per heavy atom. The normalized spacial score (nSPS) is 20.6. The fourth-order valence-electron chi connectivity index (χ4n) is 4.72. The number of aryl methyl sites for hydroxylation is 1. The maximum atomic E-state index is 13.6. The van der Waals surface area contributed by atoms with Crippen LogP contribution in [0.3, 0.4) is 0 Å². The summed E-state index contributed by atoms with van der Waals surface area (Å²) in [7, 11) is -3.82. The monoisotopic (exact) mass is 523 g/mol. The highest BCUT2D eigenvalue weighted by atomic mass is 35.5. The summed E-state index contributed by atoms with van der Waals surface area (Å²) >= 11 is 6.25. The standard InChI is InChI=1S/C26H26ClN5O3S/c1-18-13-24(32(30-18)15-19-7-3-2-4-8-19)31-16-20(36(34,35)23-10-6-5-9-21(23)27)14-22(31)25(33)29-26(17-28)11-12-26/h2-10,13,20,22H,11-12,14-16H2,1H3,(H,29,33)/t20-,22+/m1/s1. The number of sulfone groups is 1. The van der Waals surface area contributed by atoms with Gasteiger partial charge in [-0.2, -0.15) is 10.4 Å². The highest BCUT2D eigenvalue weighted by Crippen LogP contribution is 2.38. The Kier molecular flexibility index (Phi) is 6.27.